The Bertz CT molecular complexity index is 1020. The molecule has 1 spiro atoms. The molecule has 0 aromatic heterocycles. The van der Waals surface area contributed by atoms with Crippen molar-refractivity contribution < 1.29 is 13.2 Å². The maximum Gasteiger partial charge on any atom is 0.238 e. The van der Waals surface area contributed by atoms with Gasteiger partial charge in [-0.2, -0.15) is 0 Å². The summed E-state index contributed by atoms with van der Waals surface area (Å²) < 4.78 is 28.4. The van der Waals surface area contributed by atoms with E-state index in [1.165, 1.54) is 31.1 Å². The average molecular weight is 461 g/mol. The molecule has 0 saturated heterocycles. The number of rotatable bonds is 4. The van der Waals surface area contributed by atoms with Crippen LogP contribution in [-0.2, 0) is 14.8 Å². The van der Waals surface area contributed by atoms with E-state index in [2.05, 4.69) is 0 Å². The Morgan fingerprint density at radius 1 is 1.14 bits per heavy atom. The highest BCUT2D eigenvalue weighted by atomic mass is 35.5. The minimum Gasteiger partial charge on any atom is -0.354 e. The lowest BCUT2D eigenvalue weighted by atomic mass is 9.88. The first-order chi connectivity index (χ1) is 13.1. The quantitative estimate of drug-likeness (QED) is 0.634. The van der Waals surface area contributed by atoms with Gasteiger partial charge >= 0.3 is 0 Å². The van der Waals surface area contributed by atoms with Crippen LogP contribution in [0.25, 0.3) is 5.57 Å². The molecule has 4 nitrogen and oxygen atoms in total. The van der Waals surface area contributed by atoms with Gasteiger partial charge in [-0.25, -0.2) is 13.6 Å². The molecule has 0 amide bonds. The van der Waals surface area contributed by atoms with Crippen molar-refractivity contribution in [3.05, 3.63) is 57.6 Å². The molecule has 0 heterocycles. The number of alkyl halides is 1. The van der Waals surface area contributed by atoms with Gasteiger partial charge in [-0.05, 0) is 60.4 Å². The summed E-state index contributed by atoms with van der Waals surface area (Å²) in [6, 6.07) is 6.71. The number of methoxy groups -OCH3 is 1. The van der Waals surface area contributed by atoms with E-state index in [-0.39, 0.29) is 16.2 Å². The number of nitrogens with two attached hydrogens (primary N) is 1. The van der Waals surface area contributed by atoms with Gasteiger partial charge in [-0.15, -0.1) is 0 Å². The van der Waals surface area contributed by atoms with Crippen LogP contribution < -0.4 is 5.14 Å². The Kier molecular flexibility index (Phi) is 5.01. The molecule has 0 aliphatic heterocycles. The fourth-order valence-electron chi connectivity index (χ4n) is 4.12. The van der Waals surface area contributed by atoms with Gasteiger partial charge in [0, 0.05) is 18.1 Å². The van der Waals surface area contributed by atoms with Crippen molar-refractivity contribution in [2.45, 2.75) is 35.6 Å². The van der Waals surface area contributed by atoms with Crippen LogP contribution in [0.4, 0.5) is 0 Å². The zero-order valence-electron chi connectivity index (χ0n) is 15.2. The van der Waals surface area contributed by atoms with E-state index in [9.17, 15) is 8.42 Å². The van der Waals surface area contributed by atoms with Crippen molar-refractivity contribution in [2.24, 2.45) is 16.5 Å². The normalized spacial score (nSPS) is 29.1. The summed E-state index contributed by atoms with van der Waals surface area (Å²) in [4.78, 5) is 0.100. The summed E-state index contributed by atoms with van der Waals surface area (Å²) in [5, 5.41) is 4.95. The largest absolute Gasteiger partial charge is 0.354 e. The summed E-state index contributed by atoms with van der Waals surface area (Å²) in [6.45, 7) is 0. The first-order valence-corrected chi connectivity index (χ1v) is 11.6. The van der Waals surface area contributed by atoms with E-state index in [1.54, 1.807) is 18.2 Å². The van der Waals surface area contributed by atoms with Gasteiger partial charge in [0.1, 0.15) is 0 Å². The molecule has 1 aromatic rings. The third-order valence-corrected chi connectivity index (χ3v) is 8.17. The topological polar surface area (TPSA) is 69.4 Å². The molecule has 1 aromatic carbocycles. The van der Waals surface area contributed by atoms with E-state index in [0.717, 1.165) is 18.4 Å². The summed E-state index contributed by atoms with van der Waals surface area (Å²) in [7, 11) is -2.24. The van der Waals surface area contributed by atoms with Crippen LogP contribution in [0, 0.1) is 11.3 Å². The highest BCUT2D eigenvalue weighted by Crippen LogP contribution is 2.63. The van der Waals surface area contributed by atoms with E-state index in [4.69, 9.17) is 44.7 Å². The fourth-order valence-corrected chi connectivity index (χ4v) is 5.48. The van der Waals surface area contributed by atoms with Crippen LogP contribution in [-0.4, -0.2) is 20.6 Å². The van der Waals surface area contributed by atoms with E-state index in [1.807, 2.05) is 18.2 Å². The van der Waals surface area contributed by atoms with Gasteiger partial charge in [0.25, 0.3) is 0 Å². The lowest BCUT2D eigenvalue weighted by Gasteiger charge is -2.30. The zero-order chi connectivity index (χ0) is 20.3. The number of hydrogen-bond acceptors (Lipinski definition) is 3. The highest BCUT2D eigenvalue weighted by Gasteiger charge is 2.50. The number of primary sulfonamides is 1. The molecule has 2 N–H and O–H groups in total. The van der Waals surface area contributed by atoms with Crippen molar-refractivity contribution in [1.29, 1.82) is 0 Å². The first-order valence-electron chi connectivity index (χ1n) is 8.92. The Balaban J connectivity index is 1.76. The first kappa shape index (κ1) is 20.5. The summed E-state index contributed by atoms with van der Waals surface area (Å²) in [6.07, 6.45) is 7.75. The van der Waals surface area contributed by atoms with E-state index in [0.29, 0.717) is 10.1 Å². The van der Waals surface area contributed by atoms with Gasteiger partial charge in [0.05, 0.1) is 9.93 Å². The van der Waals surface area contributed by atoms with Crippen LogP contribution in [0.2, 0.25) is 0 Å². The van der Waals surface area contributed by atoms with Gasteiger partial charge in [-0.3, -0.25) is 0 Å². The van der Waals surface area contributed by atoms with Gasteiger partial charge in [0.15, 0.2) is 5.06 Å². The van der Waals surface area contributed by atoms with E-state index < -0.39 is 15.1 Å². The Morgan fingerprint density at radius 2 is 1.79 bits per heavy atom. The molecular weight excluding hydrogens is 441 g/mol. The Hall–Kier alpha value is -0.820. The Labute approximate surface area is 180 Å². The SMILES string of the molecule is COC1(Cl)C=C(Cl)C(C2=C(c3ccc(S(N)(=O)=O)cc3)CC3(CC3)C2)C=C1Cl. The zero-order valence-corrected chi connectivity index (χ0v) is 18.3. The van der Waals surface area contributed by atoms with Gasteiger partial charge in [0.2, 0.25) is 10.0 Å². The lowest BCUT2D eigenvalue weighted by Crippen LogP contribution is -2.26. The summed E-state index contributed by atoms with van der Waals surface area (Å²) in [5.74, 6) is -0.163. The third kappa shape index (κ3) is 3.57. The molecule has 28 heavy (non-hydrogen) atoms. The van der Waals surface area contributed by atoms with Crippen LogP contribution in [0.1, 0.15) is 31.2 Å². The second kappa shape index (κ2) is 6.86. The molecule has 2 unspecified atom stereocenters. The van der Waals surface area contributed by atoms with Crippen LogP contribution >= 0.6 is 34.8 Å². The van der Waals surface area contributed by atoms with Crippen molar-refractivity contribution in [1.82, 2.24) is 0 Å². The van der Waals surface area contributed by atoms with Gasteiger partial charge < -0.3 is 4.74 Å². The molecule has 1 fully saturated rings. The molecular formula is C20H20Cl3NO3S. The predicted molar refractivity (Wildman–Crippen MR) is 113 cm³/mol. The molecule has 0 radical (unpaired) electrons. The van der Waals surface area contributed by atoms with Crippen LogP contribution in [0.15, 0.2) is 57.0 Å². The van der Waals surface area contributed by atoms with Crippen molar-refractivity contribution in [3.8, 4) is 0 Å². The molecule has 8 heteroatoms. The smallest absolute Gasteiger partial charge is 0.238 e. The number of ether oxygens (including phenoxy) is 1. The van der Waals surface area contributed by atoms with Crippen LogP contribution in [0.5, 0.6) is 0 Å². The third-order valence-electron chi connectivity index (χ3n) is 5.93. The molecule has 3 aliphatic rings. The van der Waals surface area contributed by atoms with Crippen molar-refractivity contribution >= 4 is 50.4 Å². The lowest BCUT2D eigenvalue weighted by molar-refractivity contribution is 0.137. The average Bonchev–Trinajstić information content (AvgIpc) is 3.29. The molecule has 2 atom stereocenters. The predicted octanol–water partition coefficient (Wildman–Crippen LogP) is 5.12. The van der Waals surface area contributed by atoms with Crippen molar-refractivity contribution in [3.63, 3.8) is 0 Å². The number of benzene rings is 1. The molecule has 4 rings (SSSR count). The minimum absolute atomic E-state index is 0.100. The van der Waals surface area contributed by atoms with Gasteiger partial charge in [-0.1, -0.05) is 58.6 Å². The van der Waals surface area contributed by atoms with E-state index >= 15 is 0 Å². The molecule has 3 aliphatic carbocycles. The minimum atomic E-state index is -3.72. The maximum absolute atomic E-state index is 11.6. The number of halogens is 3. The number of sulfonamides is 1. The Morgan fingerprint density at radius 3 is 2.32 bits per heavy atom. The fraction of sp³-hybridized carbons (Fsp3) is 0.400. The van der Waals surface area contributed by atoms with Crippen molar-refractivity contribution in [2.75, 3.05) is 7.11 Å². The van der Waals surface area contributed by atoms with Crippen LogP contribution in [0.3, 0.4) is 0 Å². The summed E-state index contributed by atoms with van der Waals surface area (Å²) in [5.41, 5.74) is 3.66. The highest BCUT2D eigenvalue weighted by molar-refractivity contribution is 7.89. The second-order valence-electron chi connectivity index (χ2n) is 7.80. The molecule has 150 valence electrons. The number of hydrogen-bond donors (Lipinski definition) is 1. The molecule has 1 saturated carbocycles. The standard InChI is InChI=1S/C20H20Cl3NO3S/c1-27-20(23)11-17(21)14(8-18(20)22)16-10-19(6-7-19)9-15(16)12-2-4-13(5-3-12)28(24,25)26/h2-5,8,11,14H,6-7,9-10H2,1H3,(H2,24,25,26). The maximum atomic E-state index is 11.6. The monoisotopic (exact) mass is 459 g/mol. The molecule has 0 bridgehead atoms. The second-order valence-corrected chi connectivity index (χ2v) is 10.8. The summed E-state index contributed by atoms with van der Waals surface area (Å²) >= 11 is 19.4. The number of allylic oxidation sites excluding steroid dienone is 4.